The molecule has 4 heteroatoms. The van der Waals surface area contributed by atoms with Crippen LogP contribution < -0.4 is 10.6 Å². The Morgan fingerprint density at radius 1 is 1.33 bits per heavy atom. The van der Waals surface area contributed by atoms with Crippen LogP contribution in [-0.2, 0) is 9.53 Å². The second-order valence-corrected chi connectivity index (χ2v) is 5.62. The van der Waals surface area contributed by atoms with Crippen LogP contribution in [0.2, 0.25) is 0 Å². The number of carbonyl (C=O) groups excluding carboxylic acids is 1. The molecule has 18 heavy (non-hydrogen) atoms. The summed E-state index contributed by atoms with van der Waals surface area (Å²) in [5.41, 5.74) is 0. The predicted octanol–water partition coefficient (Wildman–Crippen LogP) is 1.45. The average molecular weight is 254 g/mol. The molecule has 1 amide bonds. The van der Waals surface area contributed by atoms with E-state index in [1.807, 2.05) is 0 Å². The molecule has 0 bridgehead atoms. The summed E-state index contributed by atoms with van der Waals surface area (Å²) in [4.78, 5) is 12.0. The molecular weight excluding hydrogens is 228 g/mol. The van der Waals surface area contributed by atoms with Crippen molar-refractivity contribution < 1.29 is 9.53 Å². The van der Waals surface area contributed by atoms with E-state index in [9.17, 15) is 4.79 Å². The molecule has 104 valence electrons. The van der Waals surface area contributed by atoms with Crippen molar-refractivity contribution in [3.8, 4) is 0 Å². The standard InChI is InChI=1S/C14H26N2O2/c1-11-5-4-8-15-13(11)14(17)16-9-7-12-6-2-3-10-18-12/h11-13,15H,2-10H2,1H3,(H,16,17). The largest absolute Gasteiger partial charge is 0.378 e. The molecule has 2 aliphatic heterocycles. The third kappa shape index (κ3) is 3.95. The van der Waals surface area contributed by atoms with E-state index < -0.39 is 0 Å². The second kappa shape index (κ2) is 7.10. The van der Waals surface area contributed by atoms with Gasteiger partial charge >= 0.3 is 0 Å². The zero-order valence-electron chi connectivity index (χ0n) is 11.4. The van der Waals surface area contributed by atoms with E-state index in [4.69, 9.17) is 4.74 Å². The van der Waals surface area contributed by atoms with Gasteiger partial charge in [-0.15, -0.1) is 0 Å². The van der Waals surface area contributed by atoms with Crippen molar-refractivity contribution in [2.75, 3.05) is 19.7 Å². The predicted molar refractivity (Wildman–Crippen MR) is 71.4 cm³/mol. The van der Waals surface area contributed by atoms with E-state index in [0.29, 0.717) is 12.0 Å². The van der Waals surface area contributed by atoms with Crippen LogP contribution in [0, 0.1) is 5.92 Å². The summed E-state index contributed by atoms with van der Waals surface area (Å²) in [5.74, 6) is 0.614. The van der Waals surface area contributed by atoms with Crippen LogP contribution in [0.1, 0.15) is 45.4 Å². The van der Waals surface area contributed by atoms with E-state index in [-0.39, 0.29) is 11.9 Å². The van der Waals surface area contributed by atoms with Crippen molar-refractivity contribution in [1.29, 1.82) is 0 Å². The fourth-order valence-corrected chi connectivity index (χ4v) is 2.90. The van der Waals surface area contributed by atoms with Gasteiger partial charge in [0.2, 0.25) is 5.91 Å². The van der Waals surface area contributed by atoms with Gasteiger partial charge in [-0.3, -0.25) is 4.79 Å². The molecule has 0 saturated carbocycles. The van der Waals surface area contributed by atoms with Crippen molar-refractivity contribution in [2.24, 2.45) is 5.92 Å². The lowest BCUT2D eigenvalue weighted by Crippen LogP contribution is -2.51. The van der Waals surface area contributed by atoms with E-state index in [1.54, 1.807) is 0 Å². The number of carbonyl (C=O) groups is 1. The Kier molecular flexibility index (Phi) is 5.45. The molecule has 3 unspecified atom stereocenters. The Balaban J connectivity index is 1.64. The SMILES string of the molecule is CC1CCCNC1C(=O)NCCC1CCCCO1. The molecule has 0 aromatic heterocycles. The number of hydrogen-bond acceptors (Lipinski definition) is 3. The minimum Gasteiger partial charge on any atom is -0.378 e. The first-order chi connectivity index (χ1) is 8.77. The lowest BCUT2D eigenvalue weighted by Gasteiger charge is -2.29. The number of piperidine rings is 1. The van der Waals surface area contributed by atoms with Crippen molar-refractivity contribution in [2.45, 2.75) is 57.6 Å². The van der Waals surface area contributed by atoms with E-state index in [1.165, 1.54) is 19.3 Å². The van der Waals surface area contributed by atoms with Gasteiger partial charge in [0.25, 0.3) is 0 Å². The highest BCUT2D eigenvalue weighted by molar-refractivity contribution is 5.82. The van der Waals surface area contributed by atoms with Gasteiger partial charge in [-0.1, -0.05) is 6.92 Å². The minimum absolute atomic E-state index is 0.00558. The Labute approximate surface area is 110 Å². The van der Waals surface area contributed by atoms with E-state index >= 15 is 0 Å². The number of nitrogens with one attached hydrogen (secondary N) is 2. The van der Waals surface area contributed by atoms with Gasteiger partial charge in [0, 0.05) is 13.2 Å². The van der Waals surface area contributed by atoms with Gasteiger partial charge < -0.3 is 15.4 Å². The molecule has 4 nitrogen and oxygen atoms in total. The summed E-state index contributed by atoms with van der Waals surface area (Å²) in [6.45, 7) is 4.75. The quantitative estimate of drug-likeness (QED) is 0.798. The first-order valence-electron chi connectivity index (χ1n) is 7.40. The fraction of sp³-hybridized carbons (Fsp3) is 0.929. The zero-order chi connectivity index (χ0) is 12.8. The molecule has 2 N–H and O–H groups in total. The lowest BCUT2D eigenvalue weighted by molar-refractivity contribution is -0.125. The van der Waals surface area contributed by atoms with Gasteiger partial charge in [-0.2, -0.15) is 0 Å². The van der Waals surface area contributed by atoms with Crippen LogP contribution in [0.5, 0.6) is 0 Å². The third-order valence-corrected chi connectivity index (χ3v) is 4.09. The molecule has 0 aromatic carbocycles. The zero-order valence-corrected chi connectivity index (χ0v) is 11.4. The first-order valence-corrected chi connectivity index (χ1v) is 7.40. The molecule has 3 atom stereocenters. The number of hydrogen-bond donors (Lipinski definition) is 2. The van der Waals surface area contributed by atoms with Crippen LogP contribution in [0.4, 0.5) is 0 Å². The van der Waals surface area contributed by atoms with Gasteiger partial charge in [-0.05, 0) is 51.0 Å². The molecule has 2 aliphatic rings. The maximum atomic E-state index is 12.0. The molecule has 0 radical (unpaired) electrons. The Morgan fingerprint density at radius 2 is 2.22 bits per heavy atom. The molecule has 0 aromatic rings. The van der Waals surface area contributed by atoms with Crippen LogP contribution >= 0.6 is 0 Å². The number of amides is 1. The highest BCUT2D eigenvalue weighted by Crippen LogP contribution is 2.16. The third-order valence-electron chi connectivity index (χ3n) is 4.09. The molecular formula is C14H26N2O2. The summed E-state index contributed by atoms with van der Waals surface area (Å²) in [6, 6.07) is 0.00558. The Bertz CT molecular complexity index is 265. The normalized spacial score (nSPS) is 33.1. The van der Waals surface area contributed by atoms with Crippen LogP contribution in [-0.4, -0.2) is 37.7 Å². The minimum atomic E-state index is 0.00558. The van der Waals surface area contributed by atoms with Gasteiger partial charge in [0.15, 0.2) is 0 Å². The van der Waals surface area contributed by atoms with Gasteiger partial charge in [0.05, 0.1) is 12.1 Å². The molecule has 0 aliphatic carbocycles. The maximum absolute atomic E-state index is 12.0. The van der Waals surface area contributed by atoms with Crippen LogP contribution in [0.25, 0.3) is 0 Å². The smallest absolute Gasteiger partial charge is 0.237 e. The summed E-state index contributed by atoms with van der Waals surface area (Å²) in [5, 5.41) is 6.36. The summed E-state index contributed by atoms with van der Waals surface area (Å²) < 4.78 is 5.66. The monoisotopic (exact) mass is 254 g/mol. The number of ether oxygens (including phenoxy) is 1. The van der Waals surface area contributed by atoms with Crippen molar-refractivity contribution >= 4 is 5.91 Å². The highest BCUT2D eigenvalue weighted by Gasteiger charge is 2.27. The highest BCUT2D eigenvalue weighted by atomic mass is 16.5. The van der Waals surface area contributed by atoms with Gasteiger partial charge in [0.1, 0.15) is 0 Å². The first kappa shape index (κ1) is 13.8. The van der Waals surface area contributed by atoms with Gasteiger partial charge in [-0.25, -0.2) is 0 Å². The molecule has 2 heterocycles. The van der Waals surface area contributed by atoms with E-state index in [0.717, 1.165) is 39.0 Å². The topological polar surface area (TPSA) is 50.4 Å². The van der Waals surface area contributed by atoms with Crippen LogP contribution in [0.3, 0.4) is 0 Å². The van der Waals surface area contributed by atoms with Crippen molar-refractivity contribution in [3.63, 3.8) is 0 Å². The molecule has 2 fully saturated rings. The fourth-order valence-electron chi connectivity index (χ4n) is 2.90. The van der Waals surface area contributed by atoms with Crippen LogP contribution in [0.15, 0.2) is 0 Å². The Morgan fingerprint density at radius 3 is 2.94 bits per heavy atom. The van der Waals surface area contributed by atoms with Crippen molar-refractivity contribution in [3.05, 3.63) is 0 Å². The molecule has 2 rings (SSSR count). The molecule has 2 saturated heterocycles. The van der Waals surface area contributed by atoms with Crippen molar-refractivity contribution in [1.82, 2.24) is 10.6 Å². The maximum Gasteiger partial charge on any atom is 0.237 e. The number of rotatable bonds is 4. The summed E-state index contributed by atoms with van der Waals surface area (Å²) >= 11 is 0. The average Bonchev–Trinajstić information content (AvgIpc) is 2.40. The van der Waals surface area contributed by atoms with E-state index in [2.05, 4.69) is 17.6 Å². The summed E-state index contributed by atoms with van der Waals surface area (Å²) in [6.07, 6.45) is 7.24. The lowest BCUT2D eigenvalue weighted by atomic mass is 9.92. The summed E-state index contributed by atoms with van der Waals surface area (Å²) in [7, 11) is 0. The molecule has 0 spiro atoms. The second-order valence-electron chi connectivity index (χ2n) is 5.62. The Hall–Kier alpha value is -0.610.